The highest BCUT2D eigenvalue weighted by Crippen LogP contribution is 2.31. The molecule has 0 saturated carbocycles. The summed E-state index contributed by atoms with van der Waals surface area (Å²) in [6.45, 7) is 1.08. The monoisotopic (exact) mass is 387 g/mol. The molecule has 0 saturated heterocycles. The molecule has 2 heterocycles. The van der Waals surface area contributed by atoms with Gasteiger partial charge in [-0.05, 0) is 34.5 Å². The second-order valence-corrected chi connectivity index (χ2v) is 6.64. The molecular weight excluding hydrogens is 370 g/mol. The first kappa shape index (κ1) is 17.2. The fourth-order valence-corrected chi connectivity index (χ4v) is 3.34. The fourth-order valence-electron chi connectivity index (χ4n) is 3.34. The van der Waals surface area contributed by atoms with E-state index in [0.717, 1.165) is 22.1 Å². The number of carbonyl (C=O) groups excluding carboxylic acids is 1. The zero-order valence-corrected chi connectivity index (χ0v) is 15.4. The Hall–Kier alpha value is -3.87. The summed E-state index contributed by atoms with van der Waals surface area (Å²) in [4.78, 5) is 12.7. The molecule has 0 atom stereocenters. The Kier molecular flexibility index (Phi) is 4.32. The zero-order chi connectivity index (χ0) is 19.6. The molecule has 1 amide bonds. The number of aromatic nitrogens is 2. The maximum Gasteiger partial charge on any atom is 0.322 e. The quantitative estimate of drug-likeness (QED) is 0.573. The van der Waals surface area contributed by atoms with Crippen molar-refractivity contribution in [3.63, 3.8) is 0 Å². The smallest absolute Gasteiger partial charge is 0.322 e. The number of amides is 1. The molecule has 0 radical (unpaired) electrons. The van der Waals surface area contributed by atoms with Crippen LogP contribution in [0.1, 0.15) is 21.8 Å². The average molecular weight is 387 g/mol. The molecule has 144 valence electrons. The summed E-state index contributed by atoms with van der Waals surface area (Å²) in [7, 11) is 0. The number of rotatable bonds is 4. The fraction of sp³-hybridized carbons (Fsp3) is 0.136. The molecule has 1 aliphatic heterocycles. The van der Waals surface area contributed by atoms with Gasteiger partial charge in [-0.2, -0.15) is 0 Å². The van der Waals surface area contributed by atoms with Crippen molar-refractivity contribution in [2.24, 2.45) is 0 Å². The van der Waals surface area contributed by atoms with E-state index in [1.54, 1.807) is 6.07 Å². The van der Waals surface area contributed by atoms with E-state index >= 15 is 0 Å². The molecule has 3 aromatic carbocycles. The summed E-state index contributed by atoms with van der Waals surface area (Å²) in [5.74, 6) is 1.54. The van der Waals surface area contributed by atoms with Crippen molar-refractivity contribution in [3.8, 4) is 11.5 Å². The van der Waals surface area contributed by atoms with Gasteiger partial charge in [-0.1, -0.05) is 47.6 Å². The van der Waals surface area contributed by atoms with E-state index < -0.39 is 0 Å². The Balaban J connectivity index is 1.32. The van der Waals surface area contributed by atoms with Gasteiger partial charge in [0, 0.05) is 5.56 Å². The maximum absolute atomic E-state index is 12.7. The molecule has 1 aromatic heterocycles. The Bertz CT molecular complexity index is 1200. The van der Waals surface area contributed by atoms with Gasteiger partial charge in [0.15, 0.2) is 11.5 Å². The van der Waals surface area contributed by atoms with E-state index in [9.17, 15) is 4.79 Å². The normalized spacial score (nSPS) is 12.7. The number of fused-ring (bicyclic) bond motifs is 2. The third-order valence-corrected chi connectivity index (χ3v) is 4.68. The predicted molar refractivity (Wildman–Crippen MR) is 106 cm³/mol. The molecule has 7 nitrogen and oxygen atoms in total. The molecular formula is C22H17N3O4. The molecule has 5 rings (SSSR count). The molecule has 1 aliphatic rings. The highest BCUT2D eigenvalue weighted by molar-refractivity contribution is 6.12. The summed E-state index contributed by atoms with van der Waals surface area (Å²) in [6.07, 6.45) is 0.424. The van der Waals surface area contributed by atoms with Crippen molar-refractivity contribution in [2.75, 3.05) is 18.5 Å². The van der Waals surface area contributed by atoms with Crippen LogP contribution in [-0.4, -0.2) is 29.3 Å². The summed E-state index contributed by atoms with van der Waals surface area (Å²) >= 11 is 0. The van der Waals surface area contributed by atoms with Gasteiger partial charge in [-0.15, -0.1) is 5.10 Å². The first-order chi connectivity index (χ1) is 14.3. The first-order valence-electron chi connectivity index (χ1n) is 9.26. The van der Waals surface area contributed by atoms with Crippen molar-refractivity contribution < 1.29 is 18.7 Å². The van der Waals surface area contributed by atoms with Crippen LogP contribution >= 0.6 is 0 Å². The van der Waals surface area contributed by atoms with Crippen molar-refractivity contribution >= 4 is 22.7 Å². The SMILES string of the molecule is O=C(Nc1nnc(Cc2ccc3c(c2)OCCO3)o1)c1cccc2ccccc12. The van der Waals surface area contributed by atoms with Crippen molar-refractivity contribution in [1.29, 1.82) is 0 Å². The molecule has 4 aromatic rings. The number of nitrogens with zero attached hydrogens (tertiary/aromatic N) is 2. The molecule has 0 unspecified atom stereocenters. The molecule has 1 N–H and O–H groups in total. The number of benzene rings is 3. The van der Waals surface area contributed by atoms with Crippen LogP contribution in [-0.2, 0) is 6.42 Å². The number of ether oxygens (including phenoxy) is 2. The highest BCUT2D eigenvalue weighted by atomic mass is 16.6. The average Bonchev–Trinajstić information content (AvgIpc) is 3.19. The number of hydrogen-bond acceptors (Lipinski definition) is 6. The predicted octanol–water partition coefficient (Wildman–Crippen LogP) is 3.84. The van der Waals surface area contributed by atoms with Crippen LogP contribution in [0.2, 0.25) is 0 Å². The summed E-state index contributed by atoms with van der Waals surface area (Å²) in [5, 5.41) is 12.5. The van der Waals surface area contributed by atoms with Crippen LogP contribution in [0.3, 0.4) is 0 Å². The van der Waals surface area contributed by atoms with Crippen LogP contribution in [0.25, 0.3) is 10.8 Å². The van der Waals surface area contributed by atoms with Crippen LogP contribution in [0, 0.1) is 0 Å². The lowest BCUT2D eigenvalue weighted by Crippen LogP contribution is -2.15. The van der Waals surface area contributed by atoms with Crippen molar-refractivity contribution in [1.82, 2.24) is 10.2 Å². The highest BCUT2D eigenvalue weighted by Gasteiger charge is 2.16. The Morgan fingerprint density at radius 1 is 0.931 bits per heavy atom. The van der Waals surface area contributed by atoms with E-state index in [4.69, 9.17) is 13.9 Å². The Morgan fingerprint density at radius 2 is 1.76 bits per heavy atom. The zero-order valence-electron chi connectivity index (χ0n) is 15.4. The van der Waals surface area contributed by atoms with Crippen LogP contribution in [0.15, 0.2) is 65.1 Å². The number of nitrogens with one attached hydrogen (secondary N) is 1. The van der Waals surface area contributed by atoms with Crippen LogP contribution in [0.5, 0.6) is 11.5 Å². The number of anilines is 1. The van der Waals surface area contributed by atoms with Crippen LogP contribution < -0.4 is 14.8 Å². The van der Waals surface area contributed by atoms with Gasteiger partial charge in [0.2, 0.25) is 5.89 Å². The van der Waals surface area contributed by atoms with Crippen molar-refractivity contribution in [3.05, 3.63) is 77.7 Å². The lowest BCUT2D eigenvalue weighted by molar-refractivity contribution is 0.102. The Labute approximate surface area is 166 Å². The van der Waals surface area contributed by atoms with E-state index in [2.05, 4.69) is 15.5 Å². The molecule has 0 spiro atoms. The van der Waals surface area contributed by atoms with Gasteiger partial charge in [-0.3, -0.25) is 10.1 Å². The summed E-state index contributed by atoms with van der Waals surface area (Å²) < 4.78 is 16.7. The van der Waals surface area contributed by atoms with Gasteiger partial charge < -0.3 is 13.9 Å². The second kappa shape index (κ2) is 7.27. The van der Waals surface area contributed by atoms with Gasteiger partial charge in [0.05, 0.1) is 6.42 Å². The number of hydrogen-bond donors (Lipinski definition) is 1. The van der Waals surface area contributed by atoms with Crippen molar-refractivity contribution in [2.45, 2.75) is 6.42 Å². The van der Waals surface area contributed by atoms with E-state index in [1.165, 1.54) is 0 Å². The maximum atomic E-state index is 12.7. The second-order valence-electron chi connectivity index (χ2n) is 6.64. The summed E-state index contributed by atoms with van der Waals surface area (Å²) in [5.41, 5.74) is 1.50. The first-order valence-corrected chi connectivity index (χ1v) is 9.26. The van der Waals surface area contributed by atoms with Gasteiger partial charge in [0.25, 0.3) is 5.91 Å². The van der Waals surface area contributed by atoms with Gasteiger partial charge in [-0.25, -0.2) is 0 Å². The third-order valence-electron chi connectivity index (χ3n) is 4.68. The van der Waals surface area contributed by atoms with Crippen LogP contribution in [0.4, 0.5) is 6.01 Å². The molecule has 0 fully saturated rings. The lowest BCUT2D eigenvalue weighted by Gasteiger charge is -2.18. The minimum atomic E-state index is -0.295. The minimum Gasteiger partial charge on any atom is -0.486 e. The standard InChI is InChI=1S/C22H17N3O4/c26-21(17-7-3-5-15-4-1-2-6-16(15)17)23-22-25-24-20(29-22)13-14-8-9-18-19(12-14)28-11-10-27-18/h1-9,12H,10-11,13H2,(H,23,25,26). The van der Waals surface area contributed by atoms with E-state index in [0.29, 0.717) is 36.8 Å². The largest absolute Gasteiger partial charge is 0.486 e. The molecule has 0 bridgehead atoms. The van der Waals surface area contributed by atoms with Gasteiger partial charge in [0.1, 0.15) is 13.2 Å². The molecule has 7 heteroatoms. The minimum absolute atomic E-state index is 0.0653. The van der Waals surface area contributed by atoms with E-state index in [-0.39, 0.29) is 11.9 Å². The lowest BCUT2D eigenvalue weighted by atomic mass is 10.0. The molecule has 0 aliphatic carbocycles. The Morgan fingerprint density at radius 3 is 2.69 bits per heavy atom. The third kappa shape index (κ3) is 3.50. The molecule has 29 heavy (non-hydrogen) atoms. The topological polar surface area (TPSA) is 86.5 Å². The van der Waals surface area contributed by atoms with E-state index in [1.807, 2.05) is 54.6 Å². The number of carbonyl (C=O) groups is 1. The van der Waals surface area contributed by atoms with Gasteiger partial charge >= 0.3 is 6.01 Å². The summed E-state index contributed by atoms with van der Waals surface area (Å²) in [6, 6.07) is 19.0.